The first kappa shape index (κ1) is 10.4. The molecule has 0 saturated heterocycles. The van der Waals surface area contributed by atoms with Gasteiger partial charge in [0.1, 0.15) is 11.5 Å². The molecule has 0 bridgehead atoms. The van der Waals surface area contributed by atoms with Crippen molar-refractivity contribution in [3.05, 3.63) is 42.5 Å². The van der Waals surface area contributed by atoms with Gasteiger partial charge in [-0.05, 0) is 19.1 Å². The highest BCUT2D eigenvalue weighted by Crippen LogP contribution is 2.15. The summed E-state index contributed by atoms with van der Waals surface area (Å²) in [6.07, 6.45) is 6.02. The average molecular weight is 193 g/mol. The Morgan fingerprint density at radius 1 is 1.64 bits per heavy atom. The molecule has 74 valence electrons. The quantitative estimate of drug-likeness (QED) is 0.689. The first-order chi connectivity index (χ1) is 6.67. The van der Waals surface area contributed by atoms with E-state index in [-0.39, 0.29) is 5.83 Å². The third kappa shape index (κ3) is 2.39. The third-order valence-electron chi connectivity index (χ3n) is 1.70. The summed E-state index contributed by atoms with van der Waals surface area (Å²) in [4.78, 5) is 0. The van der Waals surface area contributed by atoms with Crippen LogP contribution in [-0.4, -0.2) is 15.0 Å². The molecular formula is C10H12FN3. The zero-order chi connectivity index (χ0) is 10.6. The van der Waals surface area contributed by atoms with E-state index in [9.17, 15) is 4.39 Å². The zero-order valence-electron chi connectivity index (χ0n) is 8.24. The molecule has 0 N–H and O–H groups in total. The minimum atomic E-state index is -0.385. The SMILES string of the molecule is C=C/C(F)=C\C(=C/C)c1cn(C)nn1. The van der Waals surface area contributed by atoms with Gasteiger partial charge in [0.2, 0.25) is 0 Å². The second kappa shape index (κ2) is 4.50. The second-order valence-corrected chi connectivity index (χ2v) is 2.75. The van der Waals surface area contributed by atoms with Crippen LogP contribution in [0.3, 0.4) is 0 Å². The van der Waals surface area contributed by atoms with Crippen LogP contribution in [0.2, 0.25) is 0 Å². The Hall–Kier alpha value is -1.71. The van der Waals surface area contributed by atoms with Crippen molar-refractivity contribution in [3.8, 4) is 0 Å². The lowest BCUT2D eigenvalue weighted by molar-refractivity contribution is 0.668. The predicted octanol–water partition coefficient (Wildman–Crippen LogP) is 2.26. The molecule has 0 aromatic carbocycles. The number of aryl methyl sites for hydroxylation is 1. The average Bonchev–Trinajstić information content (AvgIpc) is 2.60. The fraction of sp³-hybridized carbons (Fsp3) is 0.200. The lowest BCUT2D eigenvalue weighted by Gasteiger charge is -1.94. The second-order valence-electron chi connectivity index (χ2n) is 2.75. The molecule has 0 aliphatic carbocycles. The highest BCUT2D eigenvalue weighted by atomic mass is 19.1. The van der Waals surface area contributed by atoms with E-state index in [0.29, 0.717) is 11.3 Å². The summed E-state index contributed by atoms with van der Waals surface area (Å²) in [7, 11) is 1.76. The van der Waals surface area contributed by atoms with Gasteiger partial charge in [-0.1, -0.05) is 17.9 Å². The molecule has 0 radical (unpaired) electrons. The van der Waals surface area contributed by atoms with Gasteiger partial charge in [-0.3, -0.25) is 4.68 Å². The van der Waals surface area contributed by atoms with Crippen molar-refractivity contribution in [2.75, 3.05) is 0 Å². The van der Waals surface area contributed by atoms with Gasteiger partial charge in [0.25, 0.3) is 0 Å². The molecule has 3 nitrogen and oxygen atoms in total. The molecule has 1 aromatic heterocycles. The first-order valence-corrected chi connectivity index (χ1v) is 4.20. The summed E-state index contributed by atoms with van der Waals surface area (Å²) in [5.74, 6) is -0.385. The number of hydrogen-bond donors (Lipinski definition) is 0. The molecule has 0 fully saturated rings. The highest BCUT2D eigenvalue weighted by molar-refractivity contribution is 5.71. The van der Waals surface area contributed by atoms with Crippen LogP contribution in [-0.2, 0) is 7.05 Å². The van der Waals surface area contributed by atoms with Crippen molar-refractivity contribution in [1.29, 1.82) is 0 Å². The van der Waals surface area contributed by atoms with Gasteiger partial charge in [-0.15, -0.1) is 5.10 Å². The number of halogens is 1. The Balaban J connectivity index is 3.00. The zero-order valence-corrected chi connectivity index (χ0v) is 8.24. The van der Waals surface area contributed by atoms with Crippen molar-refractivity contribution >= 4 is 5.57 Å². The topological polar surface area (TPSA) is 30.7 Å². The van der Waals surface area contributed by atoms with Gasteiger partial charge in [0.05, 0.1) is 6.20 Å². The van der Waals surface area contributed by atoms with Gasteiger partial charge < -0.3 is 0 Å². The maximum absolute atomic E-state index is 12.9. The maximum Gasteiger partial charge on any atom is 0.123 e. The summed E-state index contributed by atoms with van der Waals surface area (Å²) in [6.45, 7) is 5.15. The number of allylic oxidation sites excluding steroid dienone is 5. The summed E-state index contributed by atoms with van der Waals surface area (Å²) in [6, 6.07) is 0. The molecule has 1 heterocycles. The molecule has 14 heavy (non-hydrogen) atoms. The van der Waals surface area contributed by atoms with Crippen LogP contribution in [0.5, 0.6) is 0 Å². The van der Waals surface area contributed by atoms with Crippen LogP contribution in [0.25, 0.3) is 5.57 Å². The fourth-order valence-electron chi connectivity index (χ4n) is 0.992. The van der Waals surface area contributed by atoms with Crippen molar-refractivity contribution in [2.45, 2.75) is 6.92 Å². The van der Waals surface area contributed by atoms with Crippen molar-refractivity contribution in [1.82, 2.24) is 15.0 Å². The number of nitrogens with zero attached hydrogens (tertiary/aromatic N) is 3. The van der Waals surface area contributed by atoms with Crippen molar-refractivity contribution in [2.24, 2.45) is 7.05 Å². The molecular weight excluding hydrogens is 181 g/mol. The first-order valence-electron chi connectivity index (χ1n) is 4.20. The van der Waals surface area contributed by atoms with Crippen molar-refractivity contribution < 1.29 is 4.39 Å². The van der Waals surface area contributed by atoms with Gasteiger partial charge in [-0.25, -0.2) is 4.39 Å². The van der Waals surface area contributed by atoms with Crippen LogP contribution in [0.15, 0.2) is 36.8 Å². The molecule has 0 atom stereocenters. The Bertz CT molecular complexity index is 388. The van der Waals surface area contributed by atoms with E-state index >= 15 is 0 Å². The molecule has 4 heteroatoms. The smallest absolute Gasteiger partial charge is 0.123 e. The van der Waals surface area contributed by atoms with E-state index < -0.39 is 0 Å². The minimum absolute atomic E-state index is 0.385. The van der Waals surface area contributed by atoms with Crippen LogP contribution in [0.1, 0.15) is 12.6 Å². The van der Waals surface area contributed by atoms with E-state index in [1.807, 2.05) is 6.92 Å². The van der Waals surface area contributed by atoms with Crippen LogP contribution >= 0.6 is 0 Å². The van der Waals surface area contributed by atoms with E-state index in [1.54, 1.807) is 24.0 Å². The van der Waals surface area contributed by atoms with E-state index in [1.165, 1.54) is 6.08 Å². The Kier molecular flexibility index (Phi) is 3.34. The molecule has 1 rings (SSSR count). The van der Waals surface area contributed by atoms with E-state index in [4.69, 9.17) is 0 Å². The molecule has 0 amide bonds. The monoisotopic (exact) mass is 193 g/mol. The Morgan fingerprint density at radius 2 is 2.36 bits per heavy atom. The Labute approximate surface area is 82.2 Å². The Morgan fingerprint density at radius 3 is 2.79 bits per heavy atom. The van der Waals surface area contributed by atoms with E-state index in [2.05, 4.69) is 16.9 Å². The lowest BCUT2D eigenvalue weighted by atomic mass is 10.2. The number of rotatable bonds is 3. The standard InChI is InChI=1S/C10H12FN3/c1-4-8(6-9(11)5-2)10-7-14(3)13-12-10/h4-7H,2H2,1,3H3/b8-4+,9-6+. The van der Waals surface area contributed by atoms with Gasteiger partial charge in [0, 0.05) is 12.6 Å². The largest absolute Gasteiger partial charge is 0.255 e. The number of hydrogen-bond acceptors (Lipinski definition) is 2. The summed E-state index contributed by atoms with van der Waals surface area (Å²) >= 11 is 0. The van der Waals surface area contributed by atoms with Crippen molar-refractivity contribution in [3.63, 3.8) is 0 Å². The summed E-state index contributed by atoms with van der Waals surface area (Å²) in [5.41, 5.74) is 1.34. The fourth-order valence-corrected chi connectivity index (χ4v) is 0.992. The van der Waals surface area contributed by atoms with Gasteiger partial charge >= 0.3 is 0 Å². The molecule has 0 aliphatic rings. The lowest BCUT2D eigenvalue weighted by Crippen LogP contribution is -1.85. The normalized spacial score (nSPS) is 13.1. The van der Waals surface area contributed by atoms with Gasteiger partial charge in [-0.2, -0.15) is 0 Å². The third-order valence-corrected chi connectivity index (χ3v) is 1.70. The predicted molar refractivity (Wildman–Crippen MR) is 54.0 cm³/mol. The van der Waals surface area contributed by atoms with Crippen LogP contribution < -0.4 is 0 Å². The summed E-state index contributed by atoms with van der Waals surface area (Å²) < 4.78 is 14.5. The number of aromatic nitrogens is 3. The highest BCUT2D eigenvalue weighted by Gasteiger charge is 2.02. The summed E-state index contributed by atoms with van der Waals surface area (Å²) in [5, 5.41) is 7.64. The van der Waals surface area contributed by atoms with Crippen LogP contribution in [0.4, 0.5) is 4.39 Å². The van der Waals surface area contributed by atoms with Crippen LogP contribution in [0, 0.1) is 0 Å². The maximum atomic E-state index is 12.9. The molecule has 0 spiro atoms. The van der Waals surface area contributed by atoms with E-state index in [0.717, 1.165) is 6.08 Å². The molecule has 0 saturated carbocycles. The molecule has 0 aliphatic heterocycles. The van der Waals surface area contributed by atoms with Gasteiger partial charge in [0.15, 0.2) is 0 Å². The molecule has 1 aromatic rings. The minimum Gasteiger partial charge on any atom is -0.255 e. The molecule has 0 unspecified atom stereocenters.